The van der Waals surface area contributed by atoms with Crippen LogP contribution in [-0.2, 0) is 5.41 Å². The van der Waals surface area contributed by atoms with E-state index in [0.717, 1.165) is 78.5 Å². The van der Waals surface area contributed by atoms with Gasteiger partial charge in [-0.1, -0.05) is 372 Å². The maximum Gasteiger partial charge on any atom is 0.163 e. The minimum atomic E-state index is -0.269. The zero-order valence-electron chi connectivity index (χ0n) is 76.3. The zero-order valence-corrected chi connectivity index (χ0v) is 76.3. The van der Waals surface area contributed by atoms with Crippen molar-refractivity contribution in [2.75, 3.05) is 0 Å². The minimum Gasteiger partial charge on any atom is -0.309 e. The molecule has 26 aromatic rings. The number of fused-ring (bicyclic) bond motifs is 15. The summed E-state index contributed by atoms with van der Waals surface area (Å²) in [6.07, 6.45) is 3.49. The lowest BCUT2D eigenvalue weighted by molar-refractivity contribution is 0.660. The van der Waals surface area contributed by atoms with Gasteiger partial charge in [-0.3, -0.25) is 0 Å². The molecule has 9 heteroatoms. The molecule has 0 saturated carbocycles. The number of hydrogen-bond acceptors (Lipinski definition) is 5. The van der Waals surface area contributed by atoms with Gasteiger partial charge in [0.2, 0.25) is 0 Å². The van der Waals surface area contributed by atoms with Crippen molar-refractivity contribution in [1.82, 2.24) is 43.2 Å². The van der Waals surface area contributed by atoms with Crippen LogP contribution in [0.5, 0.6) is 0 Å². The Bertz CT molecular complexity index is 9280. The standard InChI is InChI=1S/C66H45N5.C64H42N4/c1-66(2)58-38-49(65-68-41-67-64(69-65)46-27-25-45(26-28-46)44-23-21-43(22-24-44)42-13-5-3-6-14-42)30-33-52(58)53-35-32-51(40-59(53)66)71-61-20-12-10-18-55(61)57-37-47(31-36-62(57)71)48-29-34-56-54-17-9-11-19-60(54)70(63(56)39-48)50-15-7-4-8-16-50;1-3-13-43(14-4-1)44-23-27-47(28-24-44)53-17-7-8-18-54(53)59-39-40-65-64(66-59)48-29-25-45(26-30-48)46-31-35-52(36-32-46)67-61-22-12-10-20-56(61)58-41-49(34-38-62(58)67)50-33-37-57-55-19-9-11-21-60(55)68(63(57)42-50)51-15-5-2-6-16-51/h3-41H,1-2H3;1-42H. The normalized spacial score (nSPS) is 12.2. The topological polar surface area (TPSA) is 84.2 Å². The van der Waals surface area contributed by atoms with E-state index < -0.39 is 0 Å². The van der Waals surface area contributed by atoms with Gasteiger partial charge in [0.25, 0.3) is 0 Å². The third kappa shape index (κ3) is 14.3. The first-order valence-corrected chi connectivity index (χ1v) is 47.5. The molecular weight excluding hydrogens is 1690 g/mol. The number of hydrogen-bond donors (Lipinski definition) is 0. The molecule has 0 spiro atoms. The molecule has 0 N–H and O–H groups in total. The van der Waals surface area contributed by atoms with Crippen LogP contribution in [0.25, 0.3) is 244 Å². The number of benzene rings is 20. The van der Waals surface area contributed by atoms with Gasteiger partial charge in [-0.05, 0) is 221 Å². The van der Waals surface area contributed by atoms with Crippen molar-refractivity contribution >= 4 is 87.2 Å². The van der Waals surface area contributed by atoms with Gasteiger partial charge in [0.15, 0.2) is 17.5 Å². The molecule has 6 heterocycles. The van der Waals surface area contributed by atoms with Crippen LogP contribution in [0, 0.1) is 0 Å². The molecule has 0 unspecified atom stereocenters. The first-order valence-electron chi connectivity index (χ1n) is 47.5. The molecule has 0 saturated heterocycles. The van der Waals surface area contributed by atoms with E-state index in [9.17, 15) is 0 Å². The molecule has 0 bridgehead atoms. The summed E-state index contributed by atoms with van der Waals surface area (Å²) in [5.74, 6) is 2.01. The summed E-state index contributed by atoms with van der Waals surface area (Å²) in [5, 5.41) is 9.95. The second-order valence-electron chi connectivity index (χ2n) is 36.7. The number of rotatable bonds is 15. The van der Waals surface area contributed by atoms with Crippen LogP contribution in [0.4, 0.5) is 0 Å². The van der Waals surface area contributed by atoms with E-state index in [4.69, 9.17) is 19.9 Å². The van der Waals surface area contributed by atoms with Crippen molar-refractivity contribution in [2.24, 2.45) is 0 Å². The lowest BCUT2D eigenvalue weighted by Crippen LogP contribution is -2.15. The minimum absolute atomic E-state index is 0.269. The second-order valence-corrected chi connectivity index (χ2v) is 36.7. The average Bonchev–Trinajstić information content (AvgIpc) is 1.58. The van der Waals surface area contributed by atoms with Crippen molar-refractivity contribution < 1.29 is 0 Å². The molecule has 0 amide bonds. The molecule has 0 fully saturated rings. The Balaban J connectivity index is 0.000000143. The quantitative estimate of drug-likeness (QED) is 0.102. The second kappa shape index (κ2) is 33.7. The first-order chi connectivity index (χ1) is 68.7. The summed E-state index contributed by atoms with van der Waals surface area (Å²) < 4.78 is 9.61. The Labute approximate surface area is 804 Å². The summed E-state index contributed by atoms with van der Waals surface area (Å²) >= 11 is 0. The predicted octanol–water partition coefficient (Wildman–Crippen LogP) is 33.4. The van der Waals surface area contributed by atoms with Crippen LogP contribution in [0.1, 0.15) is 25.0 Å². The monoisotopic (exact) mass is 1770 g/mol. The van der Waals surface area contributed by atoms with Crippen LogP contribution in [-0.4, -0.2) is 43.2 Å². The smallest absolute Gasteiger partial charge is 0.163 e. The molecular formula is C130H87N9. The molecule has 139 heavy (non-hydrogen) atoms. The molecule has 9 nitrogen and oxygen atoms in total. The SMILES string of the molecule is CC1(C)c2cc(-c3ncnc(-c4ccc(-c5ccc(-c6ccccc6)cc5)cc4)n3)ccc2-c2ccc(-n3c4ccccc4c4cc(-c5ccc6c7ccccc7n(-c7ccccc7)c6c5)ccc43)cc21.c1ccc(-c2ccc(-c3ccccc3-c3ccnc(-c4ccc(-c5ccc(-n6c7ccccc7c7cc(-c8ccc9c%10ccccc%10n(-c%10ccccc%10)c9c8)ccc76)cc5)cc4)n3)cc2)cc1. The summed E-state index contributed by atoms with van der Waals surface area (Å²) in [6.45, 7) is 4.68. The summed E-state index contributed by atoms with van der Waals surface area (Å²) in [6, 6.07) is 173. The van der Waals surface area contributed by atoms with Gasteiger partial charge in [-0.15, -0.1) is 0 Å². The maximum atomic E-state index is 5.10. The molecule has 6 aromatic heterocycles. The highest BCUT2D eigenvalue weighted by atomic mass is 15.0. The molecule has 1 aliphatic rings. The van der Waals surface area contributed by atoms with Crippen LogP contribution >= 0.6 is 0 Å². The van der Waals surface area contributed by atoms with E-state index in [2.05, 4.69) is 498 Å². The maximum absolute atomic E-state index is 5.10. The highest BCUT2D eigenvalue weighted by molar-refractivity contribution is 6.15. The lowest BCUT2D eigenvalue weighted by atomic mass is 9.82. The molecule has 0 radical (unpaired) electrons. The van der Waals surface area contributed by atoms with Gasteiger partial charge in [0, 0.05) is 99.7 Å². The van der Waals surface area contributed by atoms with E-state index in [1.807, 2.05) is 24.4 Å². The molecule has 652 valence electrons. The predicted molar refractivity (Wildman–Crippen MR) is 577 cm³/mol. The van der Waals surface area contributed by atoms with Crippen LogP contribution in [0.3, 0.4) is 0 Å². The Morgan fingerprint density at radius 3 is 0.950 bits per heavy atom. The average molecular weight is 1780 g/mol. The Morgan fingerprint density at radius 2 is 0.475 bits per heavy atom. The summed E-state index contributed by atoms with van der Waals surface area (Å²) in [5.41, 5.74) is 40.3. The largest absolute Gasteiger partial charge is 0.309 e. The zero-order chi connectivity index (χ0) is 92.2. The van der Waals surface area contributed by atoms with E-state index in [-0.39, 0.29) is 5.41 Å². The van der Waals surface area contributed by atoms with Crippen molar-refractivity contribution in [3.8, 4) is 157 Å². The number of aromatic nitrogens is 9. The van der Waals surface area contributed by atoms with Crippen molar-refractivity contribution in [2.45, 2.75) is 19.3 Å². The van der Waals surface area contributed by atoms with Crippen LogP contribution in [0.15, 0.2) is 492 Å². The van der Waals surface area contributed by atoms with Gasteiger partial charge in [-0.2, -0.15) is 0 Å². The van der Waals surface area contributed by atoms with E-state index in [1.54, 1.807) is 6.33 Å². The number of para-hydroxylation sites is 6. The van der Waals surface area contributed by atoms with Gasteiger partial charge >= 0.3 is 0 Å². The third-order valence-electron chi connectivity index (χ3n) is 28.4. The van der Waals surface area contributed by atoms with Gasteiger partial charge < -0.3 is 18.3 Å². The summed E-state index contributed by atoms with van der Waals surface area (Å²) in [4.78, 5) is 24.2. The van der Waals surface area contributed by atoms with E-state index in [0.29, 0.717) is 17.5 Å². The molecule has 1 aliphatic carbocycles. The fourth-order valence-corrected chi connectivity index (χ4v) is 21.4. The molecule has 20 aromatic carbocycles. The van der Waals surface area contributed by atoms with Crippen LogP contribution in [0.2, 0.25) is 0 Å². The molecule has 0 aliphatic heterocycles. The fraction of sp³-hybridized carbons (Fsp3) is 0.0231. The highest BCUT2D eigenvalue weighted by Gasteiger charge is 2.37. The highest BCUT2D eigenvalue weighted by Crippen LogP contribution is 2.52. The van der Waals surface area contributed by atoms with Crippen molar-refractivity contribution in [3.05, 3.63) is 503 Å². The Morgan fingerprint density at radius 1 is 0.173 bits per heavy atom. The van der Waals surface area contributed by atoms with Crippen LogP contribution < -0.4 is 0 Å². The lowest BCUT2D eigenvalue weighted by Gasteiger charge is -2.23. The van der Waals surface area contributed by atoms with Gasteiger partial charge in [0.05, 0.1) is 49.8 Å². The molecule has 27 rings (SSSR count). The summed E-state index contributed by atoms with van der Waals surface area (Å²) in [7, 11) is 0. The van der Waals surface area contributed by atoms with Gasteiger partial charge in [-0.25, -0.2) is 24.9 Å². The number of nitrogens with zero attached hydrogens (tertiary/aromatic N) is 9. The Kier molecular flexibility index (Phi) is 19.7. The van der Waals surface area contributed by atoms with Crippen molar-refractivity contribution in [3.63, 3.8) is 0 Å². The fourth-order valence-electron chi connectivity index (χ4n) is 21.4. The van der Waals surface area contributed by atoms with Crippen molar-refractivity contribution in [1.29, 1.82) is 0 Å². The first kappa shape index (κ1) is 81.5. The van der Waals surface area contributed by atoms with E-state index >= 15 is 0 Å². The van der Waals surface area contributed by atoms with E-state index in [1.165, 1.54) is 160 Å². The Hall–Kier alpha value is -18.3. The van der Waals surface area contributed by atoms with Gasteiger partial charge in [0.1, 0.15) is 6.33 Å². The third-order valence-corrected chi connectivity index (χ3v) is 28.4. The molecule has 0 atom stereocenters.